The summed E-state index contributed by atoms with van der Waals surface area (Å²) >= 11 is 0. The van der Waals surface area contributed by atoms with Gasteiger partial charge in [-0.05, 0) is 40.5 Å². The number of rotatable bonds is 7. The number of aliphatic imine (C=N–C) groups is 1. The van der Waals surface area contributed by atoms with Crippen LogP contribution in [0.25, 0.3) is 0 Å². The van der Waals surface area contributed by atoms with E-state index in [4.69, 9.17) is 14.5 Å². The van der Waals surface area contributed by atoms with E-state index in [1.807, 2.05) is 40.2 Å². The van der Waals surface area contributed by atoms with Gasteiger partial charge in [-0.3, -0.25) is 9.67 Å². The standard InChI is InChI=1S/C22H40N6O3/c1-8-22(9-2,26-20(29)31-21(4,5)6)16-24-19(23-10-3)28-11-12-30-18(15-28)17-13-25-27(7)14-17/h13-14,18H,8-12,15-16H2,1-7H3,(H,23,24)(H,26,29). The van der Waals surface area contributed by atoms with Gasteiger partial charge in [0.25, 0.3) is 0 Å². The van der Waals surface area contributed by atoms with Crippen LogP contribution in [0.3, 0.4) is 0 Å². The lowest BCUT2D eigenvalue weighted by atomic mass is 9.93. The van der Waals surface area contributed by atoms with Crippen LogP contribution in [0.1, 0.15) is 66.1 Å². The van der Waals surface area contributed by atoms with Crippen molar-refractivity contribution in [3.63, 3.8) is 0 Å². The van der Waals surface area contributed by atoms with E-state index in [0.717, 1.165) is 37.5 Å². The van der Waals surface area contributed by atoms with Gasteiger partial charge in [-0.15, -0.1) is 0 Å². The minimum atomic E-state index is -0.537. The van der Waals surface area contributed by atoms with Gasteiger partial charge >= 0.3 is 6.09 Å². The number of ether oxygens (including phenoxy) is 2. The van der Waals surface area contributed by atoms with Gasteiger partial charge in [-0.1, -0.05) is 13.8 Å². The molecule has 2 heterocycles. The first-order chi connectivity index (χ1) is 14.6. The summed E-state index contributed by atoms with van der Waals surface area (Å²) in [5.41, 5.74) is 0.0638. The highest BCUT2D eigenvalue weighted by Crippen LogP contribution is 2.22. The molecule has 0 radical (unpaired) electrons. The van der Waals surface area contributed by atoms with Crippen molar-refractivity contribution in [2.45, 2.75) is 71.6 Å². The topological polar surface area (TPSA) is 93.0 Å². The number of aryl methyl sites for hydroxylation is 1. The zero-order chi connectivity index (χ0) is 23.1. The Balaban J connectivity index is 2.13. The monoisotopic (exact) mass is 436 g/mol. The van der Waals surface area contributed by atoms with Crippen molar-refractivity contribution in [1.82, 2.24) is 25.3 Å². The van der Waals surface area contributed by atoms with Crippen LogP contribution in [-0.2, 0) is 16.5 Å². The molecule has 0 spiro atoms. The minimum absolute atomic E-state index is 0.0479. The molecule has 1 aromatic heterocycles. The Morgan fingerprint density at radius 2 is 2.03 bits per heavy atom. The van der Waals surface area contributed by atoms with Crippen molar-refractivity contribution >= 4 is 12.1 Å². The van der Waals surface area contributed by atoms with Crippen molar-refractivity contribution in [2.75, 3.05) is 32.8 Å². The number of carbonyl (C=O) groups is 1. The van der Waals surface area contributed by atoms with Crippen molar-refractivity contribution in [3.05, 3.63) is 18.0 Å². The third-order valence-electron chi connectivity index (χ3n) is 5.45. The highest BCUT2D eigenvalue weighted by Gasteiger charge is 2.31. The van der Waals surface area contributed by atoms with Gasteiger partial charge in [0.15, 0.2) is 5.96 Å². The van der Waals surface area contributed by atoms with Gasteiger partial charge in [0, 0.05) is 31.9 Å². The number of guanidine groups is 1. The SMILES string of the molecule is CCNC(=NCC(CC)(CC)NC(=O)OC(C)(C)C)N1CCOC(c2cnn(C)c2)C1. The molecule has 176 valence electrons. The molecule has 0 aromatic carbocycles. The molecule has 9 heteroatoms. The Hall–Kier alpha value is -2.29. The van der Waals surface area contributed by atoms with Crippen molar-refractivity contribution in [1.29, 1.82) is 0 Å². The predicted molar refractivity (Wildman–Crippen MR) is 122 cm³/mol. The molecule has 2 rings (SSSR count). The highest BCUT2D eigenvalue weighted by molar-refractivity contribution is 5.80. The second-order valence-corrected chi connectivity index (χ2v) is 9.04. The minimum Gasteiger partial charge on any atom is -0.444 e. The van der Waals surface area contributed by atoms with E-state index >= 15 is 0 Å². The van der Waals surface area contributed by atoms with Gasteiger partial charge < -0.3 is 25.0 Å². The average Bonchev–Trinajstić information content (AvgIpc) is 3.15. The third-order valence-corrected chi connectivity index (χ3v) is 5.45. The maximum absolute atomic E-state index is 12.4. The second kappa shape index (κ2) is 10.8. The number of hydrogen-bond acceptors (Lipinski definition) is 5. The predicted octanol–water partition coefficient (Wildman–Crippen LogP) is 2.84. The first-order valence-electron chi connectivity index (χ1n) is 11.3. The van der Waals surface area contributed by atoms with E-state index in [1.54, 1.807) is 4.68 Å². The van der Waals surface area contributed by atoms with E-state index in [1.165, 1.54) is 0 Å². The van der Waals surface area contributed by atoms with E-state index in [9.17, 15) is 4.79 Å². The first-order valence-corrected chi connectivity index (χ1v) is 11.3. The summed E-state index contributed by atoms with van der Waals surface area (Å²) in [5, 5.41) is 10.7. The summed E-state index contributed by atoms with van der Waals surface area (Å²) in [7, 11) is 1.91. The lowest BCUT2D eigenvalue weighted by molar-refractivity contribution is -0.00809. The number of hydrogen-bond donors (Lipinski definition) is 2. The van der Waals surface area contributed by atoms with Crippen LogP contribution in [0.2, 0.25) is 0 Å². The highest BCUT2D eigenvalue weighted by atomic mass is 16.6. The summed E-state index contributed by atoms with van der Waals surface area (Å²) in [6, 6.07) is 0. The lowest BCUT2D eigenvalue weighted by Gasteiger charge is -2.36. The van der Waals surface area contributed by atoms with E-state index in [-0.39, 0.29) is 6.10 Å². The van der Waals surface area contributed by atoms with Crippen LogP contribution in [0.5, 0.6) is 0 Å². The number of carbonyl (C=O) groups excluding carboxylic acids is 1. The van der Waals surface area contributed by atoms with Gasteiger partial charge in [0.05, 0.1) is 31.4 Å². The Morgan fingerprint density at radius 3 is 2.58 bits per heavy atom. The molecule has 1 fully saturated rings. The molecule has 1 unspecified atom stereocenters. The summed E-state index contributed by atoms with van der Waals surface area (Å²) in [4.78, 5) is 19.6. The largest absolute Gasteiger partial charge is 0.444 e. The number of alkyl carbamates (subject to hydrolysis) is 1. The van der Waals surface area contributed by atoms with Gasteiger partial charge in [0.1, 0.15) is 11.7 Å². The number of amides is 1. The summed E-state index contributed by atoms with van der Waals surface area (Å²) < 4.78 is 13.2. The molecule has 31 heavy (non-hydrogen) atoms. The molecule has 1 aliphatic rings. The molecular formula is C22H40N6O3. The molecule has 9 nitrogen and oxygen atoms in total. The zero-order valence-corrected chi connectivity index (χ0v) is 20.2. The Morgan fingerprint density at radius 1 is 1.32 bits per heavy atom. The molecule has 1 aromatic rings. The Labute approximate surface area is 186 Å². The molecule has 0 saturated carbocycles. The van der Waals surface area contributed by atoms with Crippen molar-refractivity contribution in [3.8, 4) is 0 Å². The number of aromatic nitrogens is 2. The van der Waals surface area contributed by atoms with Crippen LogP contribution in [-0.4, -0.2) is 70.7 Å². The molecule has 1 amide bonds. The van der Waals surface area contributed by atoms with Crippen LogP contribution >= 0.6 is 0 Å². The number of nitrogens with one attached hydrogen (secondary N) is 2. The summed E-state index contributed by atoms with van der Waals surface area (Å²) in [5.74, 6) is 0.831. The van der Waals surface area contributed by atoms with E-state index in [2.05, 4.69) is 41.4 Å². The normalized spacial score (nSPS) is 18.1. The fraction of sp³-hybridized carbons (Fsp3) is 0.773. The Bertz CT molecular complexity index is 736. The molecule has 0 bridgehead atoms. The fourth-order valence-electron chi connectivity index (χ4n) is 3.51. The van der Waals surface area contributed by atoms with Crippen LogP contribution in [0.4, 0.5) is 4.79 Å². The molecule has 2 N–H and O–H groups in total. The maximum Gasteiger partial charge on any atom is 0.408 e. The first kappa shape index (κ1) is 25.0. The van der Waals surface area contributed by atoms with E-state index in [0.29, 0.717) is 19.7 Å². The summed E-state index contributed by atoms with van der Waals surface area (Å²) in [6.45, 7) is 15.1. The molecular weight excluding hydrogens is 396 g/mol. The molecule has 1 aliphatic heterocycles. The average molecular weight is 437 g/mol. The Kier molecular flexibility index (Phi) is 8.73. The second-order valence-electron chi connectivity index (χ2n) is 9.04. The zero-order valence-electron chi connectivity index (χ0n) is 20.2. The maximum atomic E-state index is 12.4. The number of nitrogens with zero attached hydrogens (tertiary/aromatic N) is 4. The summed E-state index contributed by atoms with van der Waals surface area (Å²) in [6.07, 6.45) is 4.90. The molecule has 0 aliphatic carbocycles. The molecule has 1 saturated heterocycles. The van der Waals surface area contributed by atoms with E-state index < -0.39 is 17.2 Å². The van der Waals surface area contributed by atoms with Crippen LogP contribution in [0, 0.1) is 0 Å². The van der Waals surface area contributed by atoms with Crippen LogP contribution < -0.4 is 10.6 Å². The van der Waals surface area contributed by atoms with Crippen molar-refractivity contribution < 1.29 is 14.3 Å². The van der Waals surface area contributed by atoms with Gasteiger partial charge in [-0.25, -0.2) is 4.79 Å². The van der Waals surface area contributed by atoms with Crippen LogP contribution in [0.15, 0.2) is 17.4 Å². The van der Waals surface area contributed by atoms with Gasteiger partial charge in [-0.2, -0.15) is 5.10 Å². The lowest BCUT2D eigenvalue weighted by Crippen LogP contribution is -2.53. The van der Waals surface area contributed by atoms with Gasteiger partial charge in [0.2, 0.25) is 0 Å². The molecule has 1 atom stereocenters. The third kappa shape index (κ3) is 7.41. The number of morpholine rings is 1. The smallest absolute Gasteiger partial charge is 0.408 e. The fourth-order valence-corrected chi connectivity index (χ4v) is 3.51. The van der Waals surface area contributed by atoms with Crippen molar-refractivity contribution in [2.24, 2.45) is 12.0 Å². The quantitative estimate of drug-likeness (QED) is 0.504.